The van der Waals surface area contributed by atoms with Crippen LogP contribution in [0.25, 0.3) is 23.5 Å². The lowest BCUT2D eigenvalue weighted by molar-refractivity contribution is -0.135. The fraction of sp³-hybridized carbons (Fsp3) is 0.667. The third kappa shape index (κ3) is 5.92. The third-order valence-electron chi connectivity index (χ3n) is 11.4. The number of nitrogens with zero attached hydrogens (tertiary/aromatic N) is 6. The Hall–Kier alpha value is -2.88. The number of anilines is 2. The minimum Gasteiger partial charge on any atom is -0.372 e. The number of aliphatic hydroxyl groups is 1. The zero-order valence-electron chi connectivity index (χ0n) is 27.8. The number of fused-ring (bicyclic) bond motifs is 5. The first kappa shape index (κ1) is 30.8. The van der Waals surface area contributed by atoms with Gasteiger partial charge in [-0.05, 0) is 108 Å². The van der Waals surface area contributed by atoms with Crippen molar-refractivity contribution in [1.82, 2.24) is 24.3 Å². The normalized spacial score (nSPS) is 26.6. The molecule has 3 unspecified atom stereocenters. The number of aliphatic hydroxyl groups excluding tert-OH is 1. The molecule has 5 heterocycles. The van der Waals surface area contributed by atoms with Crippen molar-refractivity contribution < 1.29 is 9.90 Å². The second-order valence-electron chi connectivity index (χ2n) is 14.6. The molecule has 5 aliphatic rings. The molecule has 3 fully saturated rings. The zero-order valence-corrected chi connectivity index (χ0v) is 27.8. The number of imidazole rings is 1. The minimum atomic E-state index is -0.752. The molecule has 3 saturated heterocycles. The molecule has 0 bridgehead atoms. The summed E-state index contributed by atoms with van der Waals surface area (Å²) in [6.45, 7) is 11.0. The first-order valence-corrected chi connectivity index (χ1v) is 17.6. The quantitative estimate of drug-likeness (QED) is 0.536. The van der Waals surface area contributed by atoms with Crippen LogP contribution in [-0.2, 0) is 4.79 Å². The van der Waals surface area contributed by atoms with Crippen molar-refractivity contribution in [3.8, 4) is 11.4 Å². The molecular weight excluding hydrogens is 562 g/mol. The van der Waals surface area contributed by atoms with E-state index in [9.17, 15) is 9.90 Å². The number of rotatable bonds is 5. The van der Waals surface area contributed by atoms with Gasteiger partial charge in [-0.1, -0.05) is 26.3 Å². The van der Waals surface area contributed by atoms with Gasteiger partial charge in [0.1, 0.15) is 12.1 Å². The number of carbonyl (C=O) groups excluding carboxylic acids is 1. The van der Waals surface area contributed by atoms with E-state index in [4.69, 9.17) is 4.98 Å². The fourth-order valence-electron chi connectivity index (χ4n) is 8.63. The topological polar surface area (TPSA) is 80.1 Å². The number of piperidine rings is 3. The summed E-state index contributed by atoms with van der Waals surface area (Å²) in [5, 5.41) is 16.8. The molecule has 0 spiro atoms. The van der Waals surface area contributed by atoms with Crippen molar-refractivity contribution in [2.75, 3.05) is 63.6 Å². The van der Waals surface area contributed by atoms with Crippen LogP contribution in [-0.4, -0.2) is 107 Å². The lowest BCUT2D eigenvalue weighted by atomic mass is 9.96. The lowest BCUT2D eigenvalue weighted by Gasteiger charge is -2.41. The molecule has 0 saturated carbocycles. The molecule has 3 atom stereocenters. The Morgan fingerprint density at radius 1 is 1.02 bits per heavy atom. The maximum absolute atomic E-state index is 13.7. The van der Waals surface area contributed by atoms with E-state index in [0.717, 1.165) is 66.8 Å². The van der Waals surface area contributed by atoms with E-state index >= 15 is 0 Å². The lowest BCUT2D eigenvalue weighted by Crippen LogP contribution is -2.47. The van der Waals surface area contributed by atoms with Crippen LogP contribution in [0.15, 0.2) is 18.2 Å². The van der Waals surface area contributed by atoms with E-state index in [1.54, 1.807) is 0 Å². The Morgan fingerprint density at radius 3 is 2.47 bits per heavy atom. The molecule has 9 nitrogen and oxygen atoms in total. The molecule has 9 heteroatoms. The predicted octanol–water partition coefficient (Wildman–Crippen LogP) is 3.08. The summed E-state index contributed by atoms with van der Waals surface area (Å²) in [6.07, 6.45) is 12.7. The third-order valence-corrected chi connectivity index (χ3v) is 11.4. The highest BCUT2D eigenvalue weighted by Crippen LogP contribution is 2.38. The van der Waals surface area contributed by atoms with Gasteiger partial charge in [0, 0.05) is 49.2 Å². The van der Waals surface area contributed by atoms with Gasteiger partial charge in [-0.15, -0.1) is 0 Å². The van der Waals surface area contributed by atoms with Crippen molar-refractivity contribution in [2.24, 2.45) is 11.8 Å². The molecule has 0 radical (unpaired) electrons. The van der Waals surface area contributed by atoms with Crippen molar-refractivity contribution in [2.45, 2.75) is 89.6 Å². The number of hydrogen-bond acceptors (Lipinski definition) is 7. The van der Waals surface area contributed by atoms with Crippen molar-refractivity contribution in [1.29, 1.82) is 0 Å². The molecule has 7 rings (SSSR count). The molecule has 1 aliphatic carbocycles. The van der Waals surface area contributed by atoms with E-state index in [1.165, 1.54) is 50.9 Å². The van der Waals surface area contributed by atoms with E-state index in [2.05, 4.69) is 75.8 Å². The van der Waals surface area contributed by atoms with Crippen LogP contribution in [0.5, 0.6) is 0 Å². The molecule has 2 aromatic rings. The second-order valence-corrected chi connectivity index (χ2v) is 14.6. The molecule has 1 amide bonds. The number of amides is 1. The second kappa shape index (κ2) is 12.7. The summed E-state index contributed by atoms with van der Waals surface area (Å²) >= 11 is 0. The monoisotopic (exact) mass is 615 g/mol. The van der Waals surface area contributed by atoms with Crippen LogP contribution < -0.4 is 20.9 Å². The highest BCUT2D eigenvalue weighted by molar-refractivity contribution is 5.86. The molecule has 2 N–H and O–H groups in total. The summed E-state index contributed by atoms with van der Waals surface area (Å²) < 4.78 is 2.26. The zero-order chi connectivity index (χ0) is 31.2. The maximum Gasteiger partial charge on any atom is 0.229 e. The van der Waals surface area contributed by atoms with Gasteiger partial charge in [0.05, 0.1) is 22.7 Å². The van der Waals surface area contributed by atoms with Gasteiger partial charge in [-0.25, -0.2) is 4.98 Å². The number of benzene rings is 1. The van der Waals surface area contributed by atoms with E-state index in [0.29, 0.717) is 18.5 Å². The molecule has 1 aromatic carbocycles. The molecular formula is C36H53N7O2. The minimum absolute atomic E-state index is 0.176. The number of hydrogen-bond donors (Lipinski definition) is 2. The SMILES string of the molecule is CC(C)C1C(O)Nc2ccc(N3CCC(N4CCCCC4)CC3)cc2-c2nc3c(n21)=CCC(C(=O)N(C)C1CCN(C)CC1)C=3. The average molecular weight is 616 g/mol. The van der Waals surface area contributed by atoms with Gasteiger partial charge in [-0.2, -0.15) is 0 Å². The van der Waals surface area contributed by atoms with Crippen LogP contribution >= 0.6 is 0 Å². The highest BCUT2D eigenvalue weighted by Gasteiger charge is 2.35. The number of carbonyl (C=O) groups is 1. The smallest absolute Gasteiger partial charge is 0.229 e. The van der Waals surface area contributed by atoms with E-state index in [1.807, 2.05) is 11.9 Å². The van der Waals surface area contributed by atoms with Gasteiger partial charge in [0.25, 0.3) is 0 Å². The summed E-state index contributed by atoms with van der Waals surface area (Å²) in [5.41, 5.74) is 3.16. The summed E-state index contributed by atoms with van der Waals surface area (Å²) in [5.74, 6) is 1.03. The number of nitrogens with one attached hydrogen (secondary N) is 1. The first-order chi connectivity index (χ1) is 21.8. The van der Waals surface area contributed by atoms with Gasteiger partial charge >= 0.3 is 0 Å². The molecule has 4 aliphatic heterocycles. The number of likely N-dealkylation sites (tertiary alicyclic amines) is 2. The molecule has 244 valence electrons. The van der Waals surface area contributed by atoms with Crippen LogP contribution in [0.3, 0.4) is 0 Å². The Labute approximate surface area is 268 Å². The van der Waals surface area contributed by atoms with E-state index < -0.39 is 6.23 Å². The van der Waals surface area contributed by atoms with Gasteiger partial charge < -0.3 is 34.6 Å². The largest absolute Gasteiger partial charge is 0.372 e. The average Bonchev–Trinajstić information content (AvgIpc) is 3.37. The Kier molecular flexibility index (Phi) is 8.70. The van der Waals surface area contributed by atoms with Crippen molar-refractivity contribution >= 4 is 29.4 Å². The first-order valence-electron chi connectivity index (χ1n) is 17.6. The van der Waals surface area contributed by atoms with Crippen molar-refractivity contribution in [3.05, 3.63) is 28.9 Å². The Morgan fingerprint density at radius 2 is 1.76 bits per heavy atom. The molecule has 45 heavy (non-hydrogen) atoms. The number of aromatic nitrogens is 2. The van der Waals surface area contributed by atoms with Crippen molar-refractivity contribution in [3.63, 3.8) is 0 Å². The Bertz CT molecular complexity index is 1500. The maximum atomic E-state index is 13.7. The Balaban J connectivity index is 1.19. The van der Waals surface area contributed by atoms with Gasteiger partial charge in [-0.3, -0.25) is 4.79 Å². The summed E-state index contributed by atoms with van der Waals surface area (Å²) in [6, 6.07) is 7.42. The predicted molar refractivity (Wildman–Crippen MR) is 181 cm³/mol. The van der Waals surface area contributed by atoms with Gasteiger partial charge in [0.15, 0.2) is 0 Å². The van der Waals surface area contributed by atoms with E-state index in [-0.39, 0.29) is 23.8 Å². The van der Waals surface area contributed by atoms with Crippen LogP contribution in [0.2, 0.25) is 0 Å². The van der Waals surface area contributed by atoms with Crippen LogP contribution in [0, 0.1) is 11.8 Å². The summed E-state index contributed by atoms with van der Waals surface area (Å²) in [4.78, 5) is 28.6. The van der Waals surface area contributed by atoms with Crippen LogP contribution in [0.4, 0.5) is 11.4 Å². The van der Waals surface area contributed by atoms with Gasteiger partial charge in [0.2, 0.25) is 5.91 Å². The van der Waals surface area contributed by atoms with Crippen LogP contribution in [0.1, 0.15) is 71.3 Å². The summed E-state index contributed by atoms with van der Waals surface area (Å²) in [7, 11) is 4.14. The molecule has 1 aromatic heterocycles. The highest BCUT2D eigenvalue weighted by atomic mass is 16.3. The fourth-order valence-corrected chi connectivity index (χ4v) is 8.63. The standard InChI is InChI=1S/C36H53N7O2/c1-24(2)33-35(44)38-30-10-9-28(42-20-14-27(15-21-42)41-16-6-5-7-17-41)23-29(30)34-37-31-22-25(8-11-32(31)43(33)34)36(45)40(4)26-12-18-39(3)19-13-26/h9-11,22-27,33,35,38,44H,5-8,12-21H2,1-4H3.